The molecule has 2 N–H and O–H groups in total. The van der Waals surface area contributed by atoms with Gasteiger partial charge in [-0.15, -0.1) is 0 Å². The second kappa shape index (κ2) is 10.5. The fraction of sp³-hybridized carbons (Fsp3) is 0.333. The van der Waals surface area contributed by atoms with Gasteiger partial charge in [-0.2, -0.15) is 11.8 Å². The number of aryl methyl sites for hydroxylation is 1. The lowest BCUT2D eigenvalue weighted by Crippen LogP contribution is -2.47. The normalized spacial score (nSPS) is 12.9. The zero-order chi connectivity index (χ0) is 19.8. The van der Waals surface area contributed by atoms with Gasteiger partial charge in [0.2, 0.25) is 5.91 Å². The average molecular weight is 449 g/mol. The molecular formula is C21H25BrN2O2S. The van der Waals surface area contributed by atoms with Crippen molar-refractivity contribution < 1.29 is 9.59 Å². The largest absolute Gasteiger partial charge is 0.348 e. The fourth-order valence-electron chi connectivity index (χ4n) is 2.75. The van der Waals surface area contributed by atoms with Gasteiger partial charge in [-0.1, -0.05) is 51.8 Å². The standard InChI is InChI=1S/C21H25BrN2O2S/c1-14-7-6-8-16(13-14)20(25)24-19(11-12-27-3)21(26)23-15(2)17-9-4-5-10-18(17)22/h4-10,13,15,19H,11-12H2,1-3H3,(H,23,26)(H,24,25). The third-order valence-corrected chi connectivity index (χ3v) is 5.61. The number of carbonyl (C=O) groups excluding carboxylic acids is 2. The summed E-state index contributed by atoms with van der Waals surface area (Å²) in [5.74, 6) is 0.386. The van der Waals surface area contributed by atoms with Crippen LogP contribution in [-0.4, -0.2) is 29.9 Å². The number of benzene rings is 2. The van der Waals surface area contributed by atoms with Crippen molar-refractivity contribution in [1.29, 1.82) is 0 Å². The van der Waals surface area contributed by atoms with Crippen LogP contribution in [0.3, 0.4) is 0 Å². The molecule has 0 aliphatic heterocycles. The third-order valence-electron chi connectivity index (χ3n) is 4.24. The summed E-state index contributed by atoms with van der Waals surface area (Å²) >= 11 is 5.17. The van der Waals surface area contributed by atoms with E-state index in [9.17, 15) is 9.59 Å². The van der Waals surface area contributed by atoms with E-state index in [0.29, 0.717) is 12.0 Å². The van der Waals surface area contributed by atoms with Crippen LogP contribution in [0.15, 0.2) is 53.0 Å². The van der Waals surface area contributed by atoms with Crippen molar-refractivity contribution in [3.63, 3.8) is 0 Å². The molecule has 27 heavy (non-hydrogen) atoms. The van der Waals surface area contributed by atoms with Crippen molar-refractivity contribution in [3.8, 4) is 0 Å². The first-order chi connectivity index (χ1) is 12.9. The fourth-order valence-corrected chi connectivity index (χ4v) is 3.85. The summed E-state index contributed by atoms with van der Waals surface area (Å²) in [6.45, 7) is 3.88. The monoisotopic (exact) mass is 448 g/mol. The van der Waals surface area contributed by atoms with Gasteiger partial charge in [0.05, 0.1) is 6.04 Å². The van der Waals surface area contributed by atoms with Gasteiger partial charge in [-0.25, -0.2) is 0 Å². The van der Waals surface area contributed by atoms with Crippen LogP contribution in [0.5, 0.6) is 0 Å². The van der Waals surface area contributed by atoms with Crippen LogP contribution in [-0.2, 0) is 4.79 Å². The number of halogens is 1. The molecule has 4 nitrogen and oxygen atoms in total. The van der Waals surface area contributed by atoms with Gasteiger partial charge >= 0.3 is 0 Å². The molecule has 6 heteroatoms. The molecule has 0 radical (unpaired) electrons. The SMILES string of the molecule is CSCCC(NC(=O)c1cccc(C)c1)C(=O)NC(C)c1ccccc1Br. The Morgan fingerprint density at radius 1 is 1.11 bits per heavy atom. The molecule has 0 fully saturated rings. The Morgan fingerprint density at radius 3 is 2.52 bits per heavy atom. The van der Waals surface area contributed by atoms with Crippen LogP contribution >= 0.6 is 27.7 Å². The number of hydrogen-bond donors (Lipinski definition) is 2. The Bertz CT molecular complexity index is 797. The summed E-state index contributed by atoms with van der Waals surface area (Å²) in [6, 6.07) is 14.4. The molecule has 2 aromatic rings. The summed E-state index contributed by atoms with van der Waals surface area (Å²) in [7, 11) is 0. The van der Waals surface area contributed by atoms with E-state index in [0.717, 1.165) is 21.4 Å². The van der Waals surface area contributed by atoms with E-state index in [2.05, 4.69) is 26.6 Å². The maximum atomic E-state index is 12.8. The van der Waals surface area contributed by atoms with Crippen LogP contribution in [0.1, 0.15) is 40.9 Å². The molecule has 2 amide bonds. The molecule has 0 saturated heterocycles. The van der Waals surface area contributed by atoms with E-state index in [-0.39, 0.29) is 17.9 Å². The van der Waals surface area contributed by atoms with Gasteiger partial charge in [0, 0.05) is 10.0 Å². The second-order valence-corrected chi connectivity index (χ2v) is 8.27. The van der Waals surface area contributed by atoms with E-state index in [1.54, 1.807) is 17.8 Å². The van der Waals surface area contributed by atoms with Crippen molar-refractivity contribution >= 4 is 39.5 Å². The third kappa shape index (κ3) is 6.40. The Hall–Kier alpha value is -1.79. The average Bonchev–Trinajstić information content (AvgIpc) is 2.65. The molecule has 2 atom stereocenters. The molecule has 0 heterocycles. The lowest BCUT2D eigenvalue weighted by Gasteiger charge is -2.22. The molecule has 0 aromatic heterocycles. The summed E-state index contributed by atoms with van der Waals surface area (Å²) < 4.78 is 0.947. The van der Waals surface area contributed by atoms with Crippen LogP contribution in [0, 0.1) is 6.92 Å². The lowest BCUT2D eigenvalue weighted by molar-refractivity contribution is -0.123. The summed E-state index contributed by atoms with van der Waals surface area (Å²) in [5.41, 5.74) is 2.57. The number of carbonyl (C=O) groups is 2. The first kappa shape index (κ1) is 21.5. The molecule has 0 bridgehead atoms. The molecule has 0 spiro atoms. The van der Waals surface area contributed by atoms with E-state index in [4.69, 9.17) is 0 Å². The summed E-state index contributed by atoms with van der Waals surface area (Å²) in [5, 5.41) is 5.91. The van der Waals surface area contributed by atoms with Gasteiger partial charge in [0.25, 0.3) is 5.91 Å². The van der Waals surface area contributed by atoms with E-state index < -0.39 is 6.04 Å². The number of hydrogen-bond acceptors (Lipinski definition) is 3. The zero-order valence-corrected chi connectivity index (χ0v) is 18.2. The maximum absolute atomic E-state index is 12.8. The quantitative estimate of drug-likeness (QED) is 0.625. The highest BCUT2D eigenvalue weighted by Gasteiger charge is 2.23. The molecule has 0 aliphatic rings. The van der Waals surface area contributed by atoms with E-state index in [1.807, 2.05) is 62.6 Å². The highest BCUT2D eigenvalue weighted by molar-refractivity contribution is 9.10. The predicted molar refractivity (Wildman–Crippen MR) is 116 cm³/mol. The highest BCUT2D eigenvalue weighted by atomic mass is 79.9. The minimum absolute atomic E-state index is 0.166. The van der Waals surface area contributed by atoms with Crippen LogP contribution < -0.4 is 10.6 Å². The van der Waals surface area contributed by atoms with Crippen molar-refractivity contribution in [1.82, 2.24) is 10.6 Å². The molecule has 2 unspecified atom stereocenters. The zero-order valence-electron chi connectivity index (χ0n) is 15.8. The minimum atomic E-state index is -0.574. The lowest BCUT2D eigenvalue weighted by atomic mass is 10.1. The van der Waals surface area contributed by atoms with E-state index in [1.165, 1.54) is 0 Å². The van der Waals surface area contributed by atoms with Crippen molar-refractivity contribution in [3.05, 3.63) is 69.7 Å². The number of rotatable bonds is 8. The van der Waals surface area contributed by atoms with Gasteiger partial charge in [-0.3, -0.25) is 9.59 Å². The van der Waals surface area contributed by atoms with Crippen LogP contribution in [0.25, 0.3) is 0 Å². The van der Waals surface area contributed by atoms with Crippen LogP contribution in [0.4, 0.5) is 0 Å². The second-order valence-electron chi connectivity index (χ2n) is 6.43. The van der Waals surface area contributed by atoms with Crippen molar-refractivity contribution in [2.45, 2.75) is 32.4 Å². The predicted octanol–water partition coefficient (Wildman–Crippen LogP) is 4.49. The molecule has 144 valence electrons. The Kier molecular flexibility index (Phi) is 8.38. The number of amides is 2. The molecule has 0 saturated carbocycles. The Morgan fingerprint density at radius 2 is 1.85 bits per heavy atom. The molecule has 0 aliphatic carbocycles. The van der Waals surface area contributed by atoms with Gasteiger partial charge < -0.3 is 10.6 Å². The summed E-state index contributed by atoms with van der Waals surface area (Å²) in [4.78, 5) is 25.4. The molecular weight excluding hydrogens is 424 g/mol. The Balaban J connectivity index is 2.09. The molecule has 2 aromatic carbocycles. The smallest absolute Gasteiger partial charge is 0.251 e. The van der Waals surface area contributed by atoms with E-state index >= 15 is 0 Å². The minimum Gasteiger partial charge on any atom is -0.348 e. The first-order valence-electron chi connectivity index (χ1n) is 8.83. The van der Waals surface area contributed by atoms with Gasteiger partial charge in [-0.05, 0) is 56.0 Å². The Labute approximate surface area is 173 Å². The molecule has 2 rings (SSSR count). The highest BCUT2D eigenvalue weighted by Crippen LogP contribution is 2.22. The van der Waals surface area contributed by atoms with Gasteiger partial charge in [0.15, 0.2) is 0 Å². The number of thioether (sulfide) groups is 1. The maximum Gasteiger partial charge on any atom is 0.251 e. The topological polar surface area (TPSA) is 58.2 Å². The van der Waals surface area contributed by atoms with Crippen LogP contribution in [0.2, 0.25) is 0 Å². The van der Waals surface area contributed by atoms with Gasteiger partial charge in [0.1, 0.15) is 6.04 Å². The number of nitrogens with one attached hydrogen (secondary N) is 2. The summed E-state index contributed by atoms with van der Waals surface area (Å²) in [6.07, 6.45) is 2.56. The van der Waals surface area contributed by atoms with Crippen molar-refractivity contribution in [2.75, 3.05) is 12.0 Å². The first-order valence-corrected chi connectivity index (χ1v) is 11.0. The van der Waals surface area contributed by atoms with Crippen molar-refractivity contribution in [2.24, 2.45) is 0 Å².